The molecule has 0 spiro atoms. The normalized spacial score (nSPS) is 12.0. The van der Waals surface area contributed by atoms with E-state index in [2.05, 4.69) is 21.2 Å². The van der Waals surface area contributed by atoms with Gasteiger partial charge in [-0.25, -0.2) is 8.42 Å². The van der Waals surface area contributed by atoms with Gasteiger partial charge in [0.15, 0.2) is 0 Å². The number of carbonyl (C=O) groups excluding carboxylic acids is 2. The summed E-state index contributed by atoms with van der Waals surface area (Å²) >= 11 is 3.37. The number of nitrogens with one attached hydrogen (secondary N) is 1. The Balaban J connectivity index is 1.98. The van der Waals surface area contributed by atoms with E-state index < -0.39 is 28.5 Å². The maximum absolute atomic E-state index is 13.7. The minimum absolute atomic E-state index is 0.0786. The summed E-state index contributed by atoms with van der Waals surface area (Å²) in [6.07, 6.45) is 0.924. The number of benzene rings is 3. The van der Waals surface area contributed by atoms with E-state index in [1.54, 1.807) is 42.5 Å². The lowest BCUT2D eigenvalue weighted by molar-refractivity contribution is -0.139. The Labute approximate surface area is 221 Å². The highest BCUT2D eigenvalue weighted by Gasteiger charge is 2.33. The summed E-state index contributed by atoms with van der Waals surface area (Å²) in [5, 5.41) is 2.63. The Hall–Kier alpha value is -3.17. The molecule has 0 aliphatic carbocycles. The van der Waals surface area contributed by atoms with Crippen LogP contribution in [0.2, 0.25) is 0 Å². The van der Waals surface area contributed by atoms with E-state index >= 15 is 0 Å². The molecule has 0 unspecified atom stereocenters. The van der Waals surface area contributed by atoms with Gasteiger partial charge in [-0.15, -0.1) is 0 Å². The second-order valence-corrected chi connectivity index (χ2v) is 10.9. The van der Waals surface area contributed by atoms with Crippen molar-refractivity contribution in [2.45, 2.75) is 30.7 Å². The number of amides is 2. The fourth-order valence-corrected chi connectivity index (χ4v) is 5.62. The van der Waals surface area contributed by atoms with Crippen LogP contribution in [0.1, 0.15) is 18.9 Å². The third-order valence-electron chi connectivity index (χ3n) is 5.84. The van der Waals surface area contributed by atoms with E-state index in [-0.39, 0.29) is 17.3 Å². The molecular weight excluding hydrogens is 542 g/mol. The number of nitrogens with zero attached hydrogens (tertiary/aromatic N) is 2. The van der Waals surface area contributed by atoms with Gasteiger partial charge in [-0.1, -0.05) is 71.4 Å². The number of anilines is 1. The molecule has 3 rings (SSSR count). The highest BCUT2D eigenvalue weighted by atomic mass is 79.9. The first-order valence-electron chi connectivity index (χ1n) is 11.7. The molecule has 190 valence electrons. The van der Waals surface area contributed by atoms with Crippen LogP contribution >= 0.6 is 15.9 Å². The van der Waals surface area contributed by atoms with Gasteiger partial charge < -0.3 is 10.2 Å². The molecule has 0 aliphatic heterocycles. The Morgan fingerprint density at radius 3 is 2.06 bits per heavy atom. The van der Waals surface area contributed by atoms with Crippen molar-refractivity contribution in [2.75, 3.05) is 24.4 Å². The average Bonchev–Trinajstić information content (AvgIpc) is 2.90. The fraction of sp³-hybridized carbons (Fsp3) is 0.259. The molecule has 0 heterocycles. The topological polar surface area (TPSA) is 86.8 Å². The van der Waals surface area contributed by atoms with Gasteiger partial charge in [0.25, 0.3) is 10.0 Å². The van der Waals surface area contributed by atoms with Crippen LogP contribution in [0.15, 0.2) is 94.3 Å². The summed E-state index contributed by atoms with van der Waals surface area (Å²) < 4.78 is 29.2. The van der Waals surface area contributed by atoms with Crippen LogP contribution in [0.5, 0.6) is 0 Å². The van der Waals surface area contributed by atoms with E-state index in [1.807, 2.05) is 37.3 Å². The molecular formula is C27H30BrN3O4S. The molecule has 0 aliphatic rings. The fourth-order valence-electron chi connectivity index (χ4n) is 3.92. The molecule has 3 aromatic carbocycles. The van der Waals surface area contributed by atoms with Crippen molar-refractivity contribution in [1.82, 2.24) is 10.2 Å². The van der Waals surface area contributed by atoms with Crippen molar-refractivity contribution in [3.05, 3.63) is 95.0 Å². The van der Waals surface area contributed by atoms with E-state index in [9.17, 15) is 18.0 Å². The van der Waals surface area contributed by atoms with Gasteiger partial charge in [0.2, 0.25) is 11.8 Å². The van der Waals surface area contributed by atoms with Crippen molar-refractivity contribution in [3.8, 4) is 0 Å². The van der Waals surface area contributed by atoms with Crippen LogP contribution in [0.25, 0.3) is 0 Å². The van der Waals surface area contributed by atoms with Crippen molar-refractivity contribution in [3.63, 3.8) is 0 Å². The molecule has 0 radical (unpaired) electrons. The largest absolute Gasteiger partial charge is 0.357 e. The average molecular weight is 573 g/mol. The molecule has 0 aromatic heterocycles. The van der Waals surface area contributed by atoms with Crippen LogP contribution in [0, 0.1) is 0 Å². The molecule has 0 saturated carbocycles. The SMILES string of the molecule is CC[C@@H](C(=O)NC)N(CCc1ccccc1)C(=O)CN(c1ccc(Br)cc1)S(=O)(=O)c1ccccc1. The molecule has 36 heavy (non-hydrogen) atoms. The monoisotopic (exact) mass is 571 g/mol. The predicted molar refractivity (Wildman–Crippen MR) is 145 cm³/mol. The minimum atomic E-state index is -4.05. The van der Waals surface area contributed by atoms with Crippen LogP contribution in [-0.4, -0.2) is 51.3 Å². The maximum atomic E-state index is 13.7. The van der Waals surface area contributed by atoms with Gasteiger partial charge in [-0.2, -0.15) is 0 Å². The van der Waals surface area contributed by atoms with Gasteiger partial charge in [0, 0.05) is 18.1 Å². The van der Waals surface area contributed by atoms with Crippen molar-refractivity contribution in [1.29, 1.82) is 0 Å². The van der Waals surface area contributed by atoms with E-state index in [4.69, 9.17) is 0 Å². The summed E-state index contributed by atoms with van der Waals surface area (Å²) in [5.41, 5.74) is 1.37. The molecule has 0 bridgehead atoms. The van der Waals surface area contributed by atoms with Gasteiger partial charge >= 0.3 is 0 Å². The van der Waals surface area contributed by atoms with Gasteiger partial charge in [0.1, 0.15) is 12.6 Å². The zero-order valence-corrected chi connectivity index (χ0v) is 22.7. The Kier molecular flexibility index (Phi) is 9.66. The lowest BCUT2D eigenvalue weighted by atomic mass is 10.1. The molecule has 0 saturated heterocycles. The van der Waals surface area contributed by atoms with Crippen LogP contribution < -0.4 is 9.62 Å². The summed E-state index contributed by atoms with van der Waals surface area (Å²) in [6.45, 7) is 1.66. The quantitative estimate of drug-likeness (QED) is 0.373. The Morgan fingerprint density at radius 2 is 1.50 bits per heavy atom. The lowest BCUT2D eigenvalue weighted by Gasteiger charge is -2.33. The third-order valence-corrected chi connectivity index (χ3v) is 8.16. The van der Waals surface area contributed by atoms with Crippen molar-refractivity contribution in [2.24, 2.45) is 0 Å². The van der Waals surface area contributed by atoms with Crippen molar-refractivity contribution < 1.29 is 18.0 Å². The van der Waals surface area contributed by atoms with Crippen LogP contribution in [-0.2, 0) is 26.0 Å². The molecule has 0 fully saturated rings. The summed E-state index contributed by atoms with van der Waals surface area (Å²) in [6, 6.07) is 23.7. The summed E-state index contributed by atoms with van der Waals surface area (Å²) in [5.74, 6) is -0.746. The zero-order chi connectivity index (χ0) is 26.1. The van der Waals surface area contributed by atoms with E-state index in [1.165, 1.54) is 24.1 Å². The number of halogens is 1. The standard InChI is InChI=1S/C27H30BrN3O4S/c1-3-25(27(33)29-2)30(19-18-21-10-6-4-7-11-21)26(32)20-31(23-16-14-22(28)15-17-23)36(34,35)24-12-8-5-9-13-24/h4-17,25H,3,18-20H2,1-2H3,(H,29,33)/t25-/m0/s1. The number of carbonyl (C=O) groups is 2. The number of hydrogen-bond donors (Lipinski definition) is 1. The zero-order valence-electron chi connectivity index (χ0n) is 20.3. The number of hydrogen-bond acceptors (Lipinski definition) is 4. The number of rotatable bonds is 11. The molecule has 7 nitrogen and oxygen atoms in total. The van der Waals surface area contributed by atoms with E-state index in [0.29, 0.717) is 18.5 Å². The maximum Gasteiger partial charge on any atom is 0.264 e. The highest BCUT2D eigenvalue weighted by Crippen LogP contribution is 2.26. The van der Waals surface area contributed by atoms with E-state index in [0.717, 1.165) is 14.3 Å². The first-order chi connectivity index (χ1) is 17.3. The van der Waals surface area contributed by atoms with Gasteiger partial charge in [-0.05, 0) is 54.8 Å². The molecule has 2 amide bonds. The number of likely N-dealkylation sites (N-methyl/N-ethyl adjacent to an activating group) is 1. The minimum Gasteiger partial charge on any atom is -0.357 e. The van der Waals surface area contributed by atoms with Gasteiger partial charge in [-0.3, -0.25) is 13.9 Å². The Morgan fingerprint density at radius 1 is 0.917 bits per heavy atom. The predicted octanol–water partition coefficient (Wildman–Crippen LogP) is 4.24. The highest BCUT2D eigenvalue weighted by molar-refractivity contribution is 9.10. The Bertz CT molecular complexity index is 1250. The molecule has 9 heteroatoms. The summed E-state index contributed by atoms with van der Waals surface area (Å²) in [4.78, 5) is 28.0. The van der Waals surface area contributed by atoms with Crippen molar-refractivity contribution >= 4 is 43.5 Å². The molecule has 1 N–H and O–H groups in total. The molecule has 1 atom stereocenters. The second kappa shape index (κ2) is 12.7. The smallest absolute Gasteiger partial charge is 0.264 e. The third kappa shape index (κ3) is 6.73. The lowest BCUT2D eigenvalue weighted by Crippen LogP contribution is -2.52. The van der Waals surface area contributed by atoms with Crippen LogP contribution in [0.4, 0.5) is 5.69 Å². The summed E-state index contributed by atoms with van der Waals surface area (Å²) in [7, 11) is -2.52. The first-order valence-corrected chi connectivity index (χ1v) is 13.9. The van der Waals surface area contributed by atoms with Crippen LogP contribution in [0.3, 0.4) is 0 Å². The first kappa shape index (κ1) is 27.4. The second-order valence-electron chi connectivity index (χ2n) is 8.16. The molecule has 3 aromatic rings. The number of sulfonamides is 1. The van der Waals surface area contributed by atoms with Gasteiger partial charge in [0.05, 0.1) is 10.6 Å².